The van der Waals surface area contributed by atoms with E-state index in [4.69, 9.17) is 19.4 Å². The number of fused-ring (bicyclic) bond motifs is 4. The fourth-order valence-electron chi connectivity index (χ4n) is 6.46. The van der Waals surface area contributed by atoms with Gasteiger partial charge in [-0.25, -0.2) is 15.0 Å². The summed E-state index contributed by atoms with van der Waals surface area (Å²) in [5, 5.41) is 4.39. The van der Waals surface area contributed by atoms with Gasteiger partial charge < -0.3 is 4.42 Å². The summed E-state index contributed by atoms with van der Waals surface area (Å²) in [5.74, 6) is 1.86. The maximum atomic E-state index is 6.51. The lowest BCUT2D eigenvalue weighted by molar-refractivity contribution is 0.669. The van der Waals surface area contributed by atoms with Crippen molar-refractivity contribution in [3.05, 3.63) is 164 Å². The molecule has 0 spiro atoms. The SMILES string of the molecule is c1ccc(-c2cccc(-c3cccc4oc5cc(-c6nc(-c7ccccc7)nc(-c7cccc8ccccc78)n6)ccc5c34)c2)cc1. The second-order valence-electron chi connectivity index (χ2n) is 11.6. The molecule has 0 N–H and O–H groups in total. The standard InChI is InChI=1S/C43H27N3O/c1-3-12-28(13-4-1)31-18-9-19-32(26-31)35-21-11-23-38-40(35)37-25-24-33(27-39(37)47-38)42-44-41(30-15-5-2-6-16-30)45-43(46-42)36-22-10-17-29-14-7-8-20-34(29)36/h1-27H. The molecule has 220 valence electrons. The minimum atomic E-state index is 0.597. The molecule has 2 heterocycles. The first-order chi connectivity index (χ1) is 23.3. The maximum absolute atomic E-state index is 6.51. The van der Waals surface area contributed by atoms with Gasteiger partial charge in [-0.2, -0.15) is 0 Å². The van der Waals surface area contributed by atoms with Crippen molar-refractivity contribution in [1.82, 2.24) is 15.0 Å². The minimum Gasteiger partial charge on any atom is -0.456 e. The Morgan fingerprint density at radius 3 is 1.81 bits per heavy atom. The lowest BCUT2D eigenvalue weighted by atomic mass is 9.96. The van der Waals surface area contributed by atoms with Gasteiger partial charge in [0.15, 0.2) is 17.5 Å². The minimum absolute atomic E-state index is 0.597. The predicted molar refractivity (Wildman–Crippen MR) is 192 cm³/mol. The van der Waals surface area contributed by atoms with Gasteiger partial charge in [-0.3, -0.25) is 0 Å². The molecule has 2 aromatic heterocycles. The second-order valence-corrected chi connectivity index (χ2v) is 11.6. The molecule has 9 rings (SSSR count). The Labute approximate surface area is 271 Å². The maximum Gasteiger partial charge on any atom is 0.164 e. The van der Waals surface area contributed by atoms with Gasteiger partial charge in [0.05, 0.1) is 0 Å². The van der Waals surface area contributed by atoms with Gasteiger partial charge in [0, 0.05) is 27.5 Å². The molecule has 47 heavy (non-hydrogen) atoms. The third-order valence-corrected chi connectivity index (χ3v) is 8.73. The van der Waals surface area contributed by atoms with Crippen LogP contribution in [0.2, 0.25) is 0 Å². The van der Waals surface area contributed by atoms with Crippen LogP contribution in [-0.2, 0) is 0 Å². The average Bonchev–Trinajstić information content (AvgIpc) is 3.53. The van der Waals surface area contributed by atoms with E-state index in [1.807, 2.05) is 54.6 Å². The molecule has 7 aromatic carbocycles. The van der Waals surface area contributed by atoms with Gasteiger partial charge in [-0.15, -0.1) is 0 Å². The van der Waals surface area contributed by atoms with Crippen molar-refractivity contribution in [2.75, 3.05) is 0 Å². The smallest absolute Gasteiger partial charge is 0.164 e. The zero-order chi connectivity index (χ0) is 31.2. The van der Waals surface area contributed by atoms with E-state index in [1.165, 1.54) is 11.1 Å². The molecule has 0 aliphatic heterocycles. The summed E-state index contributed by atoms with van der Waals surface area (Å²) in [7, 11) is 0. The predicted octanol–water partition coefficient (Wildman–Crippen LogP) is 11.3. The molecule has 0 aliphatic rings. The van der Waals surface area contributed by atoms with E-state index in [9.17, 15) is 0 Å². The molecule has 0 unspecified atom stereocenters. The highest BCUT2D eigenvalue weighted by Gasteiger charge is 2.17. The van der Waals surface area contributed by atoms with Gasteiger partial charge >= 0.3 is 0 Å². The summed E-state index contributed by atoms with van der Waals surface area (Å²) in [6.45, 7) is 0. The van der Waals surface area contributed by atoms with Crippen LogP contribution < -0.4 is 0 Å². The Bertz CT molecular complexity index is 2570. The van der Waals surface area contributed by atoms with E-state index < -0.39 is 0 Å². The van der Waals surface area contributed by atoms with Crippen LogP contribution in [0.3, 0.4) is 0 Å². The zero-order valence-electron chi connectivity index (χ0n) is 25.3. The molecular weight excluding hydrogens is 574 g/mol. The lowest BCUT2D eigenvalue weighted by Gasteiger charge is -2.10. The van der Waals surface area contributed by atoms with Gasteiger partial charge in [0.25, 0.3) is 0 Å². The van der Waals surface area contributed by atoms with Crippen molar-refractivity contribution >= 4 is 32.7 Å². The molecule has 9 aromatic rings. The van der Waals surface area contributed by atoms with Gasteiger partial charge in [0.1, 0.15) is 11.2 Å². The van der Waals surface area contributed by atoms with Crippen molar-refractivity contribution in [3.63, 3.8) is 0 Å². The summed E-state index contributed by atoms with van der Waals surface area (Å²) in [6.07, 6.45) is 0. The first kappa shape index (κ1) is 27.0. The number of furan rings is 1. The number of rotatable bonds is 5. The monoisotopic (exact) mass is 601 g/mol. The summed E-state index contributed by atoms with van der Waals surface area (Å²) in [5.41, 5.74) is 9.06. The summed E-state index contributed by atoms with van der Waals surface area (Å²) in [6, 6.07) is 56.3. The normalized spacial score (nSPS) is 11.4. The van der Waals surface area contributed by atoms with Crippen molar-refractivity contribution in [2.45, 2.75) is 0 Å². The van der Waals surface area contributed by atoms with E-state index in [2.05, 4.69) is 109 Å². The summed E-state index contributed by atoms with van der Waals surface area (Å²) >= 11 is 0. The number of aromatic nitrogens is 3. The van der Waals surface area contributed by atoms with E-state index in [-0.39, 0.29) is 0 Å². The van der Waals surface area contributed by atoms with E-state index in [0.717, 1.165) is 60.5 Å². The van der Waals surface area contributed by atoms with Crippen LogP contribution in [0.15, 0.2) is 168 Å². The first-order valence-corrected chi connectivity index (χ1v) is 15.7. The molecule has 0 atom stereocenters. The molecule has 0 saturated heterocycles. The number of benzene rings is 7. The fraction of sp³-hybridized carbons (Fsp3) is 0. The third kappa shape index (κ3) is 4.84. The molecule has 4 heteroatoms. The molecular formula is C43H27N3O. The second kappa shape index (κ2) is 11.2. The van der Waals surface area contributed by atoms with E-state index in [1.54, 1.807) is 0 Å². The van der Waals surface area contributed by atoms with Crippen LogP contribution in [0.4, 0.5) is 0 Å². The van der Waals surface area contributed by atoms with Gasteiger partial charge in [0.2, 0.25) is 0 Å². The fourth-order valence-corrected chi connectivity index (χ4v) is 6.46. The average molecular weight is 602 g/mol. The van der Waals surface area contributed by atoms with Gasteiger partial charge in [-0.1, -0.05) is 140 Å². The Morgan fingerprint density at radius 2 is 0.957 bits per heavy atom. The van der Waals surface area contributed by atoms with Gasteiger partial charge in [-0.05, 0) is 57.3 Å². The molecule has 4 nitrogen and oxygen atoms in total. The third-order valence-electron chi connectivity index (χ3n) is 8.73. The van der Waals surface area contributed by atoms with Crippen molar-refractivity contribution in [2.24, 2.45) is 0 Å². The Kier molecular flexibility index (Phi) is 6.43. The number of hydrogen-bond donors (Lipinski definition) is 0. The summed E-state index contributed by atoms with van der Waals surface area (Å²) < 4.78 is 6.51. The largest absolute Gasteiger partial charge is 0.456 e. The molecule has 0 radical (unpaired) electrons. The Balaban J connectivity index is 1.20. The molecule has 0 saturated carbocycles. The van der Waals surface area contributed by atoms with Crippen LogP contribution in [0, 0.1) is 0 Å². The molecule has 0 aliphatic carbocycles. The highest BCUT2D eigenvalue weighted by atomic mass is 16.3. The highest BCUT2D eigenvalue weighted by molar-refractivity contribution is 6.13. The molecule has 0 bridgehead atoms. The number of hydrogen-bond acceptors (Lipinski definition) is 4. The van der Waals surface area contributed by atoms with Crippen molar-refractivity contribution in [3.8, 4) is 56.4 Å². The Morgan fingerprint density at radius 1 is 0.340 bits per heavy atom. The van der Waals surface area contributed by atoms with Crippen LogP contribution in [-0.4, -0.2) is 15.0 Å². The lowest BCUT2D eigenvalue weighted by Crippen LogP contribution is -2.00. The van der Waals surface area contributed by atoms with E-state index >= 15 is 0 Å². The van der Waals surface area contributed by atoms with Crippen molar-refractivity contribution < 1.29 is 4.42 Å². The summed E-state index contributed by atoms with van der Waals surface area (Å²) in [4.78, 5) is 15.0. The molecule has 0 amide bonds. The highest BCUT2D eigenvalue weighted by Crippen LogP contribution is 2.39. The zero-order valence-corrected chi connectivity index (χ0v) is 25.3. The quantitative estimate of drug-likeness (QED) is 0.197. The van der Waals surface area contributed by atoms with Crippen LogP contribution in [0.5, 0.6) is 0 Å². The Hall–Kier alpha value is -6.39. The topological polar surface area (TPSA) is 51.8 Å². The van der Waals surface area contributed by atoms with Crippen LogP contribution in [0.25, 0.3) is 89.1 Å². The van der Waals surface area contributed by atoms with Crippen LogP contribution >= 0.6 is 0 Å². The van der Waals surface area contributed by atoms with Crippen molar-refractivity contribution in [1.29, 1.82) is 0 Å². The first-order valence-electron chi connectivity index (χ1n) is 15.7. The molecule has 0 fully saturated rings. The van der Waals surface area contributed by atoms with Crippen LogP contribution in [0.1, 0.15) is 0 Å². The van der Waals surface area contributed by atoms with E-state index in [0.29, 0.717) is 17.5 Å². The number of nitrogens with zero attached hydrogens (tertiary/aromatic N) is 3.